The van der Waals surface area contributed by atoms with Crippen LogP contribution in [0.3, 0.4) is 0 Å². The average molecular weight is 258 g/mol. The second kappa shape index (κ2) is 7.58. The molecule has 6 heteroatoms. The standard InChI is InChI=1S/C11H22N4OS/c1-5-12-11-10(13-14-17-11)8-15(4)6-7-16-9(2)3/h9,12H,5-8H2,1-4H3. The highest BCUT2D eigenvalue weighted by Gasteiger charge is 2.09. The van der Waals surface area contributed by atoms with E-state index < -0.39 is 0 Å². The topological polar surface area (TPSA) is 50.3 Å². The third-order valence-corrected chi connectivity index (χ3v) is 2.96. The Bertz CT molecular complexity index is 316. The van der Waals surface area contributed by atoms with Crippen LogP contribution in [-0.2, 0) is 11.3 Å². The number of hydrogen-bond acceptors (Lipinski definition) is 6. The van der Waals surface area contributed by atoms with Crippen LogP contribution in [0.4, 0.5) is 5.00 Å². The van der Waals surface area contributed by atoms with E-state index in [9.17, 15) is 0 Å². The molecule has 0 spiro atoms. The Morgan fingerprint density at radius 3 is 2.88 bits per heavy atom. The SMILES string of the molecule is CCNc1snnc1CN(C)CCOC(C)C. The molecule has 0 aliphatic heterocycles. The summed E-state index contributed by atoms with van der Waals surface area (Å²) >= 11 is 1.41. The fraction of sp³-hybridized carbons (Fsp3) is 0.818. The second-order valence-electron chi connectivity index (χ2n) is 4.24. The van der Waals surface area contributed by atoms with E-state index in [-0.39, 0.29) is 0 Å². The third kappa shape index (κ3) is 5.43. The van der Waals surface area contributed by atoms with Gasteiger partial charge in [0.1, 0.15) is 10.7 Å². The van der Waals surface area contributed by atoms with Crippen LogP contribution in [0.25, 0.3) is 0 Å². The summed E-state index contributed by atoms with van der Waals surface area (Å²) in [6.45, 7) is 9.53. The van der Waals surface area contributed by atoms with Crippen LogP contribution in [0.15, 0.2) is 0 Å². The van der Waals surface area contributed by atoms with Gasteiger partial charge >= 0.3 is 0 Å². The summed E-state index contributed by atoms with van der Waals surface area (Å²) < 4.78 is 9.49. The fourth-order valence-corrected chi connectivity index (χ4v) is 2.03. The zero-order chi connectivity index (χ0) is 12.7. The molecular weight excluding hydrogens is 236 g/mol. The quantitative estimate of drug-likeness (QED) is 0.771. The van der Waals surface area contributed by atoms with E-state index in [0.29, 0.717) is 6.10 Å². The third-order valence-electron chi connectivity index (χ3n) is 2.24. The normalized spacial score (nSPS) is 11.4. The van der Waals surface area contributed by atoms with Crippen molar-refractivity contribution in [1.29, 1.82) is 0 Å². The molecule has 0 bridgehead atoms. The summed E-state index contributed by atoms with van der Waals surface area (Å²) in [6.07, 6.45) is 0.293. The maximum Gasteiger partial charge on any atom is 0.134 e. The molecule has 0 saturated carbocycles. The molecule has 5 nitrogen and oxygen atoms in total. The van der Waals surface area contributed by atoms with E-state index in [2.05, 4.69) is 33.8 Å². The molecule has 1 N–H and O–H groups in total. The maximum absolute atomic E-state index is 5.52. The Morgan fingerprint density at radius 1 is 1.47 bits per heavy atom. The molecule has 0 aromatic carbocycles. The predicted molar refractivity (Wildman–Crippen MR) is 71.5 cm³/mol. The van der Waals surface area contributed by atoms with Crippen LogP contribution < -0.4 is 5.32 Å². The van der Waals surface area contributed by atoms with Gasteiger partial charge in [-0.25, -0.2) is 0 Å². The maximum atomic E-state index is 5.52. The summed E-state index contributed by atoms with van der Waals surface area (Å²) in [6, 6.07) is 0. The number of rotatable bonds is 8. The molecule has 0 radical (unpaired) electrons. The van der Waals surface area contributed by atoms with Gasteiger partial charge in [-0.15, -0.1) is 5.10 Å². The minimum absolute atomic E-state index is 0.293. The first-order valence-corrected chi connectivity index (χ1v) is 6.76. The van der Waals surface area contributed by atoms with E-state index >= 15 is 0 Å². The summed E-state index contributed by atoms with van der Waals surface area (Å²) in [5.74, 6) is 0. The Labute approximate surface area is 107 Å². The number of nitrogens with one attached hydrogen (secondary N) is 1. The summed E-state index contributed by atoms with van der Waals surface area (Å²) in [5, 5.41) is 8.49. The largest absolute Gasteiger partial charge is 0.377 e. The highest BCUT2D eigenvalue weighted by atomic mass is 32.1. The molecule has 1 aromatic heterocycles. The first-order valence-electron chi connectivity index (χ1n) is 5.98. The molecule has 0 unspecified atom stereocenters. The Balaban J connectivity index is 2.34. The Hall–Kier alpha value is -0.720. The van der Waals surface area contributed by atoms with E-state index in [1.54, 1.807) is 0 Å². The molecular formula is C11H22N4OS. The monoisotopic (exact) mass is 258 g/mol. The van der Waals surface area contributed by atoms with Crippen LogP contribution in [-0.4, -0.2) is 47.3 Å². The molecule has 98 valence electrons. The molecule has 1 aromatic rings. The van der Waals surface area contributed by atoms with Gasteiger partial charge in [-0.1, -0.05) is 4.49 Å². The van der Waals surface area contributed by atoms with Crippen molar-refractivity contribution in [2.24, 2.45) is 0 Å². The highest BCUT2D eigenvalue weighted by Crippen LogP contribution is 2.18. The van der Waals surface area contributed by atoms with Gasteiger partial charge in [0.2, 0.25) is 0 Å². The van der Waals surface area contributed by atoms with Crippen molar-refractivity contribution in [3.05, 3.63) is 5.69 Å². The number of ether oxygens (including phenoxy) is 1. The summed E-state index contributed by atoms with van der Waals surface area (Å²) in [7, 11) is 2.07. The molecule has 1 rings (SSSR count). The molecule has 0 atom stereocenters. The number of nitrogens with zero attached hydrogens (tertiary/aromatic N) is 3. The van der Waals surface area contributed by atoms with Gasteiger partial charge in [-0.05, 0) is 27.8 Å². The minimum Gasteiger partial charge on any atom is -0.377 e. The van der Waals surface area contributed by atoms with E-state index in [0.717, 1.165) is 36.9 Å². The van der Waals surface area contributed by atoms with Crippen molar-refractivity contribution in [2.75, 3.05) is 32.1 Å². The van der Waals surface area contributed by atoms with Crippen molar-refractivity contribution in [2.45, 2.75) is 33.4 Å². The first kappa shape index (κ1) is 14.3. The van der Waals surface area contributed by atoms with Gasteiger partial charge in [-0.2, -0.15) is 0 Å². The predicted octanol–water partition coefficient (Wildman–Crippen LogP) is 1.83. The number of hydrogen-bond donors (Lipinski definition) is 1. The average Bonchev–Trinajstić information content (AvgIpc) is 2.66. The molecule has 0 amide bonds. The van der Waals surface area contributed by atoms with Crippen LogP contribution in [0, 0.1) is 0 Å². The molecule has 0 fully saturated rings. The van der Waals surface area contributed by atoms with Crippen LogP contribution in [0.1, 0.15) is 26.5 Å². The van der Waals surface area contributed by atoms with Crippen LogP contribution in [0.5, 0.6) is 0 Å². The van der Waals surface area contributed by atoms with Gasteiger partial charge in [-0.3, -0.25) is 4.90 Å². The summed E-state index contributed by atoms with van der Waals surface area (Å²) in [4.78, 5) is 2.19. The van der Waals surface area contributed by atoms with E-state index in [4.69, 9.17) is 4.74 Å². The van der Waals surface area contributed by atoms with Crippen LogP contribution >= 0.6 is 11.5 Å². The van der Waals surface area contributed by atoms with Crippen molar-refractivity contribution >= 4 is 16.5 Å². The van der Waals surface area contributed by atoms with Gasteiger partial charge < -0.3 is 10.1 Å². The molecule has 17 heavy (non-hydrogen) atoms. The van der Waals surface area contributed by atoms with Gasteiger partial charge in [0.15, 0.2) is 0 Å². The molecule has 0 saturated heterocycles. The van der Waals surface area contributed by atoms with Crippen molar-refractivity contribution in [1.82, 2.24) is 14.5 Å². The lowest BCUT2D eigenvalue weighted by atomic mass is 10.4. The lowest BCUT2D eigenvalue weighted by molar-refractivity contribution is 0.0625. The first-order chi connectivity index (χ1) is 8.13. The van der Waals surface area contributed by atoms with E-state index in [1.807, 2.05) is 13.8 Å². The smallest absolute Gasteiger partial charge is 0.134 e. The zero-order valence-electron chi connectivity index (χ0n) is 11.1. The highest BCUT2D eigenvalue weighted by molar-refractivity contribution is 7.10. The lowest BCUT2D eigenvalue weighted by Crippen LogP contribution is -2.24. The minimum atomic E-state index is 0.293. The Kier molecular flexibility index (Phi) is 6.39. The van der Waals surface area contributed by atoms with Crippen LogP contribution in [0.2, 0.25) is 0 Å². The van der Waals surface area contributed by atoms with Gasteiger partial charge in [0.25, 0.3) is 0 Å². The molecule has 1 heterocycles. The molecule has 0 aliphatic rings. The van der Waals surface area contributed by atoms with E-state index in [1.165, 1.54) is 11.5 Å². The zero-order valence-corrected chi connectivity index (χ0v) is 11.9. The van der Waals surface area contributed by atoms with Crippen molar-refractivity contribution in [3.8, 4) is 0 Å². The number of aromatic nitrogens is 2. The van der Waals surface area contributed by atoms with Crippen molar-refractivity contribution < 1.29 is 4.74 Å². The van der Waals surface area contributed by atoms with Gasteiger partial charge in [0.05, 0.1) is 12.7 Å². The number of likely N-dealkylation sites (N-methyl/N-ethyl adjacent to an activating group) is 1. The number of anilines is 1. The van der Waals surface area contributed by atoms with Gasteiger partial charge in [0, 0.05) is 31.2 Å². The molecule has 0 aliphatic carbocycles. The fourth-order valence-electron chi connectivity index (χ4n) is 1.39. The Morgan fingerprint density at radius 2 is 2.24 bits per heavy atom. The van der Waals surface area contributed by atoms with Crippen molar-refractivity contribution in [3.63, 3.8) is 0 Å². The second-order valence-corrected chi connectivity index (χ2v) is 4.99. The summed E-state index contributed by atoms with van der Waals surface area (Å²) in [5.41, 5.74) is 1.02. The lowest BCUT2D eigenvalue weighted by Gasteiger charge is -2.16.